The van der Waals surface area contributed by atoms with Crippen molar-refractivity contribution in [2.45, 2.75) is 12.9 Å². The Labute approximate surface area is 141 Å². The predicted octanol–water partition coefficient (Wildman–Crippen LogP) is 2.61. The van der Waals surface area contributed by atoms with Crippen LogP contribution >= 0.6 is 0 Å². The van der Waals surface area contributed by atoms with Crippen molar-refractivity contribution in [3.8, 4) is 5.75 Å². The summed E-state index contributed by atoms with van der Waals surface area (Å²) in [5.41, 5.74) is 12.0. The van der Waals surface area contributed by atoms with Crippen molar-refractivity contribution < 1.29 is 22.7 Å². The number of alkyl halides is 3. The quantitative estimate of drug-likeness (QED) is 0.568. The number of nitrogens with zero attached hydrogens (tertiary/aromatic N) is 1. The monoisotopic (exact) mass is 352 g/mol. The summed E-state index contributed by atoms with van der Waals surface area (Å²) in [4.78, 5) is 15.0. The van der Waals surface area contributed by atoms with Gasteiger partial charge in [-0.3, -0.25) is 4.79 Å². The summed E-state index contributed by atoms with van der Waals surface area (Å²) in [6.45, 7) is 0.167. The van der Waals surface area contributed by atoms with Gasteiger partial charge in [-0.15, -0.1) is 13.2 Å². The van der Waals surface area contributed by atoms with Crippen molar-refractivity contribution in [3.05, 3.63) is 59.7 Å². The van der Waals surface area contributed by atoms with Crippen molar-refractivity contribution in [3.63, 3.8) is 0 Å². The van der Waals surface area contributed by atoms with Crippen molar-refractivity contribution in [2.75, 3.05) is 5.32 Å². The highest BCUT2D eigenvalue weighted by Gasteiger charge is 2.32. The Hall–Kier alpha value is -3.23. The van der Waals surface area contributed by atoms with Gasteiger partial charge >= 0.3 is 6.36 Å². The normalized spacial score (nSPS) is 11.9. The van der Waals surface area contributed by atoms with Crippen LogP contribution in [0.4, 0.5) is 18.9 Å². The average molecular weight is 352 g/mol. The van der Waals surface area contributed by atoms with Crippen LogP contribution in [0.5, 0.6) is 5.75 Å². The Morgan fingerprint density at radius 3 is 2.32 bits per heavy atom. The number of guanidine groups is 1. The molecule has 0 saturated carbocycles. The molecule has 0 heterocycles. The summed E-state index contributed by atoms with van der Waals surface area (Å²) in [7, 11) is 0. The fraction of sp³-hybridized carbons (Fsp3) is 0.125. The number of carbonyl (C=O) groups is 1. The summed E-state index contributed by atoms with van der Waals surface area (Å²) in [6, 6.07) is 11.9. The van der Waals surface area contributed by atoms with Crippen molar-refractivity contribution in [2.24, 2.45) is 16.5 Å². The number of anilines is 1. The van der Waals surface area contributed by atoms with Gasteiger partial charge in [0.25, 0.3) is 0 Å². The predicted molar refractivity (Wildman–Crippen MR) is 87.0 cm³/mol. The topological polar surface area (TPSA) is 103 Å². The van der Waals surface area contributed by atoms with Gasteiger partial charge in [0.1, 0.15) is 0 Å². The first-order valence-electron chi connectivity index (χ1n) is 7.05. The van der Waals surface area contributed by atoms with Crippen LogP contribution < -0.4 is 21.5 Å². The maximum Gasteiger partial charge on any atom is 0.573 e. The molecule has 2 aromatic carbocycles. The van der Waals surface area contributed by atoms with E-state index in [-0.39, 0.29) is 18.2 Å². The second-order valence-electron chi connectivity index (χ2n) is 4.93. The van der Waals surface area contributed by atoms with Crippen LogP contribution in [-0.4, -0.2) is 18.2 Å². The summed E-state index contributed by atoms with van der Waals surface area (Å²) in [6.07, 6.45) is -4.81. The van der Waals surface area contributed by atoms with Gasteiger partial charge in [-0.2, -0.15) is 0 Å². The molecule has 25 heavy (non-hydrogen) atoms. The number of primary amides is 1. The number of hydrogen-bond donors (Lipinski definition) is 3. The molecule has 9 heteroatoms. The maximum absolute atomic E-state index is 12.4. The number of nitrogens with one attached hydrogen (secondary N) is 1. The molecular formula is C16H15F3N4O2. The highest BCUT2D eigenvalue weighted by Crippen LogP contribution is 2.29. The zero-order chi connectivity index (χ0) is 18.4. The molecule has 2 aromatic rings. The summed E-state index contributed by atoms with van der Waals surface area (Å²) >= 11 is 0. The number of para-hydroxylation sites is 2. The van der Waals surface area contributed by atoms with E-state index in [1.165, 1.54) is 18.2 Å². The van der Waals surface area contributed by atoms with Gasteiger partial charge in [-0.1, -0.05) is 24.3 Å². The summed E-state index contributed by atoms with van der Waals surface area (Å²) < 4.78 is 41.0. The molecule has 0 bridgehead atoms. The van der Waals surface area contributed by atoms with E-state index in [0.717, 1.165) is 11.6 Å². The van der Waals surface area contributed by atoms with Crippen molar-refractivity contribution >= 4 is 17.6 Å². The highest BCUT2D eigenvalue weighted by atomic mass is 19.4. The number of carbonyl (C=O) groups excluding carboxylic acids is 1. The lowest BCUT2D eigenvalue weighted by Crippen LogP contribution is -2.24. The lowest BCUT2D eigenvalue weighted by Gasteiger charge is -2.14. The Balaban J connectivity index is 2.05. The third kappa shape index (κ3) is 5.72. The van der Waals surface area contributed by atoms with Crippen LogP contribution in [0.1, 0.15) is 15.9 Å². The second-order valence-corrected chi connectivity index (χ2v) is 4.93. The van der Waals surface area contributed by atoms with Gasteiger partial charge in [0, 0.05) is 5.56 Å². The molecule has 0 unspecified atom stereocenters. The molecule has 2 rings (SSSR count). The summed E-state index contributed by atoms with van der Waals surface area (Å²) in [5.74, 6) is -1.05. The van der Waals surface area contributed by atoms with Crippen LogP contribution in [0.2, 0.25) is 0 Å². The van der Waals surface area contributed by atoms with E-state index in [0.29, 0.717) is 5.56 Å². The highest BCUT2D eigenvalue weighted by molar-refractivity contribution is 5.94. The van der Waals surface area contributed by atoms with Crippen molar-refractivity contribution in [1.29, 1.82) is 0 Å². The minimum absolute atomic E-state index is 0.0325. The number of aliphatic imine (C=N–C) groups is 1. The molecule has 0 aromatic heterocycles. The molecule has 1 amide bonds. The molecule has 0 fully saturated rings. The second kappa shape index (κ2) is 7.56. The Morgan fingerprint density at radius 2 is 1.72 bits per heavy atom. The lowest BCUT2D eigenvalue weighted by atomic mass is 10.1. The van der Waals surface area contributed by atoms with E-state index in [1.807, 2.05) is 0 Å². The van der Waals surface area contributed by atoms with Gasteiger partial charge in [0.05, 0.1) is 12.2 Å². The first-order chi connectivity index (χ1) is 11.7. The molecule has 5 N–H and O–H groups in total. The smallest absolute Gasteiger partial charge is 0.404 e. The Bertz CT molecular complexity index is 774. The summed E-state index contributed by atoms with van der Waals surface area (Å²) in [5, 5.41) is 2.56. The van der Waals surface area contributed by atoms with E-state index < -0.39 is 18.0 Å². The standard InChI is InChI=1S/C16H15F3N4O2/c17-16(18,19)25-13-4-2-1-3-12(13)23-15(21)22-9-10-5-7-11(8-6-10)14(20)24/h1-8H,9H2,(H2,20,24)(H3,21,22,23). The third-order valence-corrected chi connectivity index (χ3v) is 3.05. The van der Waals surface area contributed by atoms with E-state index in [1.54, 1.807) is 24.3 Å². The zero-order valence-electron chi connectivity index (χ0n) is 12.9. The molecule has 0 radical (unpaired) electrons. The SMILES string of the molecule is NC(=O)c1ccc(CN=C(N)Nc2ccccc2OC(F)(F)F)cc1. The van der Waals surface area contributed by atoms with Crippen LogP contribution in [-0.2, 0) is 6.54 Å². The molecule has 0 aliphatic carbocycles. The van der Waals surface area contributed by atoms with Crippen LogP contribution in [0.25, 0.3) is 0 Å². The largest absolute Gasteiger partial charge is 0.573 e. The zero-order valence-corrected chi connectivity index (χ0v) is 12.9. The molecule has 0 aliphatic heterocycles. The number of hydrogen-bond acceptors (Lipinski definition) is 3. The molecular weight excluding hydrogens is 337 g/mol. The molecule has 0 spiro atoms. The fourth-order valence-electron chi connectivity index (χ4n) is 1.91. The third-order valence-electron chi connectivity index (χ3n) is 3.05. The van der Waals surface area contributed by atoms with Gasteiger partial charge in [-0.25, -0.2) is 4.99 Å². The fourth-order valence-corrected chi connectivity index (χ4v) is 1.91. The number of benzene rings is 2. The van der Waals surface area contributed by atoms with Crippen LogP contribution in [0.3, 0.4) is 0 Å². The van der Waals surface area contributed by atoms with Gasteiger partial charge < -0.3 is 21.5 Å². The van der Waals surface area contributed by atoms with Gasteiger partial charge in [0.2, 0.25) is 5.91 Å². The number of halogens is 3. The van der Waals surface area contributed by atoms with E-state index in [4.69, 9.17) is 11.5 Å². The molecule has 0 atom stereocenters. The van der Waals surface area contributed by atoms with E-state index in [9.17, 15) is 18.0 Å². The number of rotatable bonds is 5. The molecule has 0 aliphatic rings. The average Bonchev–Trinajstić information content (AvgIpc) is 2.54. The van der Waals surface area contributed by atoms with E-state index >= 15 is 0 Å². The van der Waals surface area contributed by atoms with Gasteiger partial charge in [-0.05, 0) is 29.8 Å². The molecule has 132 valence electrons. The number of nitrogens with two attached hydrogens (primary N) is 2. The minimum Gasteiger partial charge on any atom is -0.404 e. The first kappa shape index (κ1) is 18.1. The van der Waals surface area contributed by atoms with Crippen molar-refractivity contribution in [1.82, 2.24) is 0 Å². The molecule has 6 nitrogen and oxygen atoms in total. The number of ether oxygens (including phenoxy) is 1. The Morgan fingerprint density at radius 1 is 1.08 bits per heavy atom. The minimum atomic E-state index is -4.81. The van der Waals surface area contributed by atoms with Crippen LogP contribution in [0, 0.1) is 0 Å². The Kier molecular flexibility index (Phi) is 5.48. The maximum atomic E-state index is 12.4. The van der Waals surface area contributed by atoms with Gasteiger partial charge in [0.15, 0.2) is 11.7 Å². The van der Waals surface area contributed by atoms with E-state index in [2.05, 4.69) is 15.0 Å². The lowest BCUT2D eigenvalue weighted by molar-refractivity contribution is -0.274. The first-order valence-corrected chi connectivity index (χ1v) is 7.05. The van der Waals surface area contributed by atoms with Crippen LogP contribution in [0.15, 0.2) is 53.5 Å². The molecule has 0 saturated heterocycles. The number of amides is 1.